The van der Waals surface area contributed by atoms with Crippen LogP contribution in [-0.4, -0.2) is 29.5 Å². The van der Waals surface area contributed by atoms with E-state index in [-0.39, 0.29) is 11.4 Å². The number of nitrogens with zero attached hydrogens (tertiary/aromatic N) is 2. The summed E-state index contributed by atoms with van der Waals surface area (Å²) in [6, 6.07) is 6.57. The van der Waals surface area contributed by atoms with Crippen LogP contribution in [0.1, 0.15) is 11.4 Å². The maximum atomic E-state index is 11.1. The molecule has 0 saturated heterocycles. The number of para-hydroxylation sites is 2. The molecule has 0 fully saturated rings. The van der Waals surface area contributed by atoms with E-state index < -0.39 is 27.5 Å². The Morgan fingerprint density at radius 1 is 0.800 bits per heavy atom. The van der Waals surface area contributed by atoms with Gasteiger partial charge < -0.3 is 19.6 Å². The highest BCUT2D eigenvalue weighted by atomic mass is 31.2. The number of hydrogen-bond donors (Lipinski definition) is 4. The van der Waals surface area contributed by atoms with Crippen molar-refractivity contribution in [3.63, 3.8) is 0 Å². The Labute approximate surface area is 113 Å². The van der Waals surface area contributed by atoms with E-state index in [1.807, 2.05) is 0 Å². The average molecular weight is 318 g/mol. The summed E-state index contributed by atoms with van der Waals surface area (Å²) in [4.78, 5) is 44.2. The highest BCUT2D eigenvalue weighted by Crippen LogP contribution is 2.43. The Hall–Kier alpha value is -1.14. The Bertz CT molecular complexity index is 675. The van der Waals surface area contributed by atoms with E-state index in [1.54, 1.807) is 24.3 Å². The molecule has 0 bridgehead atoms. The molecule has 1 aromatic carbocycles. The molecule has 0 aliphatic carbocycles. The maximum Gasteiger partial charge on any atom is 0.331 e. The van der Waals surface area contributed by atoms with E-state index in [1.165, 1.54) is 0 Å². The molecule has 0 atom stereocenters. The third-order valence-corrected chi connectivity index (χ3v) is 3.86. The number of rotatable bonds is 4. The molecule has 2 aromatic rings. The minimum Gasteiger partial charge on any atom is -0.324 e. The fourth-order valence-electron chi connectivity index (χ4n) is 1.72. The van der Waals surface area contributed by atoms with Crippen molar-refractivity contribution in [1.29, 1.82) is 0 Å². The van der Waals surface area contributed by atoms with Crippen molar-refractivity contribution >= 4 is 26.2 Å². The van der Waals surface area contributed by atoms with Crippen LogP contribution in [0.25, 0.3) is 11.0 Å². The van der Waals surface area contributed by atoms with Crippen molar-refractivity contribution in [2.75, 3.05) is 0 Å². The summed E-state index contributed by atoms with van der Waals surface area (Å²) in [6.45, 7) is 0. The molecule has 0 aliphatic rings. The number of hydrogen-bond acceptors (Lipinski definition) is 4. The van der Waals surface area contributed by atoms with Gasteiger partial charge >= 0.3 is 15.2 Å². The molecule has 0 saturated carbocycles. The second-order valence-corrected chi connectivity index (χ2v) is 7.54. The summed E-state index contributed by atoms with van der Waals surface area (Å²) >= 11 is 0. The normalized spacial score (nSPS) is 12.8. The first kappa shape index (κ1) is 15.3. The molecule has 4 N–H and O–H groups in total. The predicted molar refractivity (Wildman–Crippen MR) is 71.0 cm³/mol. The summed E-state index contributed by atoms with van der Waals surface area (Å²) in [7, 11) is -8.83. The van der Waals surface area contributed by atoms with Gasteiger partial charge in [-0.15, -0.1) is 0 Å². The van der Waals surface area contributed by atoms with Crippen molar-refractivity contribution in [3.05, 3.63) is 35.7 Å². The first-order chi connectivity index (χ1) is 9.14. The standard InChI is InChI=1S/C10H12N2O6P2/c13-19(14,15)5-9-10(6-20(16,17)18)12-8-4-2-1-3-7(8)11-9/h1-4H,5-6H2,(H2,13,14,15)(H2,16,17,18). The van der Waals surface area contributed by atoms with E-state index in [2.05, 4.69) is 9.97 Å². The van der Waals surface area contributed by atoms with Crippen LogP contribution in [-0.2, 0) is 21.5 Å². The van der Waals surface area contributed by atoms with Crippen LogP contribution >= 0.6 is 15.2 Å². The minimum absolute atomic E-state index is 0.0969. The first-order valence-electron chi connectivity index (χ1n) is 5.48. The third-order valence-electron chi connectivity index (χ3n) is 2.44. The lowest BCUT2D eigenvalue weighted by molar-refractivity contribution is 0.366. The molecule has 10 heteroatoms. The molecule has 0 radical (unpaired) electrons. The van der Waals surface area contributed by atoms with E-state index in [0.29, 0.717) is 11.0 Å². The molecule has 20 heavy (non-hydrogen) atoms. The van der Waals surface area contributed by atoms with Crippen LogP contribution in [0.4, 0.5) is 0 Å². The molecule has 2 rings (SSSR count). The van der Waals surface area contributed by atoms with Gasteiger partial charge in [-0.05, 0) is 12.1 Å². The van der Waals surface area contributed by atoms with Crippen LogP contribution in [0.15, 0.2) is 24.3 Å². The van der Waals surface area contributed by atoms with E-state index in [4.69, 9.17) is 19.6 Å². The highest BCUT2D eigenvalue weighted by molar-refractivity contribution is 7.51. The van der Waals surface area contributed by atoms with Crippen LogP contribution in [0.2, 0.25) is 0 Å². The van der Waals surface area contributed by atoms with Crippen LogP contribution in [0.3, 0.4) is 0 Å². The van der Waals surface area contributed by atoms with Gasteiger partial charge in [0.1, 0.15) is 0 Å². The monoisotopic (exact) mass is 318 g/mol. The Morgan fingerprint density at radius 2 is 1.15 bits per heavy atom. The smallest absolute Gasteiger partial charge is 0.324 e. The quantitative estimate of drug-likeness (QED) is 0.611. The Morgan fingerprint density at radius 3 is 1.45 bits per heavy atom. The minimum atomic E-state index is -4.41. The van der Waals surface area contributed by atoms with Crippen LogP contribution in [0.5, 0.6) is 0 Å². The lowest BCUT2D eigenvalue weighted by Gasteiger charge is -2.11. The average Bonchev–Trinajstić information content (AvgIpc) is 2.26. The molecule has 108 valence electrons. The zero-order valence-electron chi connectivity index (χ0n) is 10.1. The summed E-state index contributed by atoms with van der Waals surface area (Å²) in [6.07, 6.45) is -1.42. The van der Waals surface area contributed by atoms with E-state index >= 15 is 0 Å². The predicted octanol–water partition coefficient (Wildman–Crippen LogP) is 0.985. The second-order valence-electron chi connectivity index (χ2n) is 4.25. The maximum absolute atomic E-state index is 11.1. The second kappa shape index (κ2) is 5.33. The van der Waals surface area contributed by atoms with Gasteiger partial charge in [-0.1, -0.05) is 12.1 Å². The third kappa shape index (κ3) is 4.18. The SMILES string of the molecule is O=P(O)(O)Cc1nc2ccccc2nc1CP(=O)(O)O. The Balaban J connectivity index is 2.58. The molecule has 1 aromatic heterocycles. The molecule has 1 heterocycles. The summed E-state index contributed by atoms with van der Waals surface area (Å²) in [5, 5.41) is 0. The summed E-state index contributed by atoms with van der Waals surface area (Å²) in [5.74, 6) is 0. The largest absolute Gasteiger partial charge is 0.331 e. The number of benzene rings is 1. The molecule has 0 spiro atoms. The van der Waals surface area contributed by atoms with Gasteiger partial charge in [0.25, 0.3) is 0 Å². The molecule has 8 nitrogen and oxygen atoms in total. The van der Waals surface area contributed by atoms with Crippen LogP contribution < -0.4 is 0 Å². The molecule has 0 unspecified atom stereocenters. The Kier molecular flexibility index (Phi) is 4.07. The number of fused-ring (bicyclic) bond motifs is 1. The zero-order chi connectivity index (χ0) is 15.0. The van der Waals surface area contributed by atoms with Crippen molar-refractivity contribution in [1.82, 2.24) is 9.97 Å². The number of aromatic nitrogens is 2. The molecular formula is C10H12N2O6P2. The van der Waals surface area contributed by atoms with Gasteiger partial charge in [-0.2, -0.15) is 0 Å². The lowest BCUT2D eigenvalue weighted by Crippen LogP contribution is -2.03. The van der Waals surface area contributed by atoms with Gasteiger partial charge in [0.15, 0.2) is 0 Å². The summed E-state index contributed by atoms with van der Waals surface area (Å²) in [5.41, 5.74) is 0.622. The van der Waals surface area contributed by atoms with Crippen molar-refractivity contribution in [3.8, 4) is 0 Å². The van der Waals surface area contributed by atoms with Gasteiger partial charge in [0.05, 0.1) is 34.7 Å². The fourth-order valence-corrected chi connectivity index (χ4v) is 3.00. The molecule has 0 aliphatic heterocycles. The van der Waals surface area contributed by atoms with Gasteiger partial charge in [-0.3, -0.25) is 9.13 Å². The van der Waals surface area contributed by atoms with Gasteiger partial charge in [0, 0.05) is 0 Å². The van der Waals surface area contributed by atoms with Crippen molar-refractivity contribution < 1.29 is 28.7 Å². The zero-order valence-corrected chi connectivity index (χ0v) is 11.9. The fraction of sp³-hybridized carbons (Fsp3) is 0.200. The van der Waals surface area contributed by atoms with Crippen LogP contribution in [0, 0.1) is 0 Å². The molecule has 0 amide bonds. The van der Waals surface area contributed by atoms with E-state index in [0.717, 1.165) is 0 Å². The highest BCUT2D eigenvalue weighted by Gasteiger charge is 2.24. The van der Waals surface area contributed by atoms with Crippen molar-refractivity contribution in [2.45, 2.75) is 12.3 Å². The first-order valence-corrected chi connectivity index (χ1v) is 9.07. The summed E-state index contributed by atoms with van der Waals surface area (Å²) < 4.78 is 22.2. The van der Waals surface area contributed by atoms with Crippen molar-refractivity contribution in [2.24, 2.45) is 0 Å². The van der Waals surface area contributed by atoms with Gasteiger partial charge in [-0.25, -0.2) is 9.97 Å². The van der Waals surface area contributed by atoms with Gasteiger partial charge in [0.2, 0.25) is 0 Å². The van der Waals surface area contributed by atoms with E-state index in [9.17, 15) is 9.13 Å². The lowest BCUT2D eigenvalue weighted by atomic mass is 10.2. The molecular weight excluding hydrogens is 306 g/mol. The topological polar surface area (TPSA) is 141 Å².